The van der Waals surface area contributed by atoms with Gasteiger partial charge in [0.1, 0.15) is 11.9 Å². The zero-order chi connectivity index (χ0) is 24.5. The predicted molar refractivity (Wildman–Crippen MR) is 134 cm³/mol. The van der Waals surface area contributed by atoms with Crippen LogP contribution in [0.15, 0.2) is 24.3 Å². The number of aryl methyl sites for hydroxylation is 1. The maximum atomic E-state index is 13.2. The Hall–Kier alpha value is -2.49. The lowest BCUT2D eigenvalue weighted by Gasteiger charge is -2.33. The number of carbonyl (C=O) groups excluding carboxylic acids is 2. The molecular weight excluding hydrogens is 444 g/mol. The smallest absolute Gasteiger partial charge is 0.239 e. The Balaban J connectivity index is 1.24. The third-order valence-corrected chi connectivity index (χ3v) is 8.32. The first kappa shape index (κ1) is 24.2. The zero-order valence-corrected chi connectivity index (χ0v) is 21.2. The second-order valence-corrected chi connectivity index (χ2v) is 10.3. The molecule has 4 atom stereocenters. The molecule has 0 unspecified atom stereocenters. The van der Waals surface area contributed by atoms with E-state index in [1.807, 2.05) is 30.1 Å². The van der Waals surface area contributed by atoms with Crippen molar-refractivity contribution in [3.63, 3.8) is 0 Å². The predicted octanol–water partition coefficient (Wildman–Crippen LogP) is 1.36. The maximum Gasteiger partial charge on any atom is 0.239 e. The first-order chi connectivity index (χ1) is 17.0. The lowest BCUT2D eigenvalue weighted by atomic mass is 10.0. The number of methoxy groups -OCH3 is 1. The summed E-state index contributed by atoms with van der Waals surface area (Å²) < 4.78 is 7.44. The molecular formula is C26H38N6O3. The molecule has 9 nitrogen and oxygen atoms in total. The summed E-state index contributed by atoms with van der Waals surface area (Å²) in [6.07, 6.45) is 4.26. The summed E-state index contributed by atoms with van der Waals surface area (Å²) in [5.74, 6) is 1.27. The van der Waals surface area contributed by atoms with Crippen LogP contribution in [-0.4, -0.2) is 101 Å². The summed E-state index contributed by atoms with van der Waals surface area (Å²) in [5.41, 5.74) is 2.09. The van der Waals surface area contributed by atoms with Gasteiger partial charge in [0, 0.05) is 52.3 Å². The van der Waals surface area contributed by atoms with Crippen molar-refractivity contribution in [1.82, 2.24) is 29.6 Å². The van der Waals surface area contributed by atoms with E-state index in [4.69, 9.17) is 9.72 Å². The van der Waals surface area contributed by atoms with Crippen LogP contribution in [0.2, 0.25) is 0 Å². The van der Waals surface area contributed by atoms with Crippen LogP contribution >= 0.6 is 0 Å². The van der Waals surface area contributed by atoms with Gasteiger partial charge in [-0.2, -0.15) is 0 Å². The number of para-hydroxylation sites is 2. The van der Waals surface area contributed by atoms with Crippen LogP contribution in [-0.2, 0) is 27.9 Å². The molecule has 0 radical (unpaired) electrons. The number of ether oxygens (including phenoxy) is 1. The van der Waals surface area contributed by atoms with Gasteiger partial charge in [0.25, 0.3) is 0 Å². The summed E-state index contributed by atoms with van der Waals surface area (Å²) in [5, 5.41) is 3.18. The molecule has 3 aliphatic rings. The van der Waals surface area contributed by atoms with E-state index >= 15 is 0 Å². The van der Waals surface area contributed by atoms with Crippen LogP contribution < -0.4 is 5.32 Å². The summed E-state index contributed by atoms with van der Waals surface area (Å²) in [6, 6.07) is 8.43. The van der Waals surface area contributed by atoms with E-state index in [0.29, 0.717) is 26.1 Å². The Kier molecular flexibility index (Phi) is 7.09. The van der Waals surface area contributed by atoms with Crippen molar-refractivity contribution >= 4 is 22.8 Å². The van der Waals surface area contributed by atoms with Gasteiger partial charge in [-0.1, -0.05) is 12.1 Å². The Morgan fingerprint density at radius 3 is 2.80 bits per heavy atom. The van der Waals surface area contributed by atoms with Crippen molar-refractivity contribution in [3.05, 3.63) is 30.1 Å². The molecule has 0 aliphatic carbocycles. The highest BCUT2D eigenvalue weighted by atomic mass is 16.5. The monoisotopic (exact) mass is 482 g/mol. The number of rotatable bonds is 7. The molecule has 190 valence electrons. The minimum absolute atomic E-state index is 0.0895. The number of fused-ring (bicyclic) bond motifs is 2. The summed E-state index contributed by atoms with van der Waals surface area (Å²) in [6.45, 7) is 3.51. The van der Waals surface area contributed by atoms with Gasteiger partial charge >= 0.3 is 0 Å². The van der Waals surface area contributed by atoms with E-state index < -0.39 is 0 Å². The number of amides is 2. The average Bonchev–Trinajstić information content (AvgIpc) is 3.55. The fourth-order valence-corrected chi connectivity index (χ4v) is 6.31. The van der Waals surface area contributed by atoms with Crippen molar-refractivity contribution in [2.75, 3.05) is 40.4 Å². The fraction of sp³-hybridized carbons (Fsp3) is 0.654. The molecule has 3 saturated heterocycles. The van der Waals surface area contributed by atoms with Gasteiger partial charge in [-0.3, -0.25) is 19.4 Å². The van der Waals surface area contributed by atoms with Gasteiger partial charge in [0.05, 0.1) is 30.2 Å². The Morgan fingerprint density at radius 1 is 1.17 bits per heavy atom. The van der Waals surface area contributed by atoms with Crippen LogP contribution in [0.25, 0.3) is 11.0 Å². The molecule has 9 heteroatoms. The number of likely N-dealkylation sites (N-methyl/N-ethyl adjacent to an activating group) is 1. The van der Waals surface area contributed by atoms with Crippen LogP contribution in [0.5, 0.6) is 0 Å². The second kappa shape index (κ2) is 10.2. The molecule has 3 aliphatic heterocycles. The van der Waals surface area contributed by atoms with Gasteiger partial charge in [0.2, 0.25) is 11.8 Å². The molecule has 2 aromatic rings. The normalized spacial score (nSPS) is 27.9. The average molecular weight is 483 g/mol. The number of aromatic nitrogens is 2. The number of hydrogen-bond acceptors (Lipinski definition) is 6. The number of hydrogen-bond donors (Lipinski definition) is 1. The van der Waals surface area contributed by atoms with Crippen molar-refractivity contribution in [3.8, 4) is 0 Å². The first-order valence-electron chi connectivity index (χ1n) is 12.9. The van der Waals surface area contributed by atoms with Crippen LogP contribution in [0.4, 0.5) is 0 Å². The number of likely N-dealkylation sites (tertiary alicyclic amines) is 2. The van der Waals surface area contributed by atoms with Crippen LogP contribution in [0.1, 0.15) is 37.9 Å². The summed E-state index contributed by atoms with van der Waals surface area (Å²) >= 11 is 0. The topological polar surface area (TPSA) is 82.9 Å². The number of benzene rings is 1. The molecule has 1 N–H and O–H groups in total. The van der Waals surface area contributed by atoms with E-state index in [2.05, 4.69) is 32.8 Å². The lowest BCUT2D eigenvalue weighted by molar-refractivity contribution is -0.133. The van der Waals surface area contributed by atoms with Gasteiger partial charge in [-0.15, -0.1) is 0 Å². The van der Waals surface area contributed by atoms with Crippen molar-refractivity contribution in [2.45, 2.75) is 62.8 Å². The van der Waals surface area contributed by atoms with Crippen molar-refractivity contribution < 1.29 is 14.3 Å². The molecule has 1 aromatic carbocycles. The third-order valence-electron chi connectivity index (χ3n) is 8.32. The molecule has 0 saturated carbocycles. The molecule has 0 spiro atoms. The second-order valence-electron chi connectivity index (χ2n) is 10.3. The van der Waals surface area contributed by atoms with Gasteiger partial charge in [0.15, 0.2) is 0 Å². The highest BCUT2D eigenvalue weighted by molar-refractivity contribution is 5.83. The lowest BCUT2D eigenvalue weighted by Crippen LogP contribution is -2.49. The SMILES string of the molecule is COC[C@H]1CCCN1C(=O)CC[C@H]1CNC(=O)[C@@H]2[C@@H](CCN2Cc2nc3ccccc3n2C)N1C. The summed E-state index contributed by atoms with van der Waals surface area (Å²) in [4.78, 5) is 37.6. The minimum atomic E-state index is -0.204. The largest absolute Gasteiger partial charge is 0.383 e. The standard InChI is InChI=1S/C26H38N6O3/c1-29-18(10-11-24(33)32-13-6-7-19(32)17-35-3)15-27-26(34)25-22(29)12-14-31(25)16-23-28-20-8-4-5-9-21(20)30(23)2/h4-5,8-9,18-19,22,25H,6-7,10-17H2,1-3H3,(H,27,34)/t18-,19+,22+,25-/m0/s1. The highest BCUT2D eigenvalue weighted by Crippen LogP contribution is 2.29. The maximum absolute atomic E-state index is 13.2. The van der Waals surface area contributed by atoms with E-state index in [-0.39, 0.29) is 36.0 Å². The van der Waals surface area contributed by atoms with Crippen LogP contribution in [0.3, 0.4) is 0 Å². The van der Waals surface area contributed by atoms with Crippen LogP contribution in [0, 0.1) is 0 Å². The summed E-state index contributed by atoms with van der Waals surface area (Å²) in [7, 11) is 5.86. The number of nitrogens with zero attached hydrogens (tertiary/aromatic N) is 5. The molecule has 3 fully saturated rings. The highest BCUT2D eigenvalue weighted by Gasteiger charge is 2.45. The molecule has 4 heterocycles. The fourth-order valence-electron chi connectivity index (χ4n) is 6.31. The minimum Gasteiger partial charge on any atom is -0.383 e. The number of imidazole rings is 1. The van der Waals surface area contributed by atoms with Crippen molar-refractivity contribution in [2.24, 2.45) is 7.05 Å². The van der Waals surface area contributed by atoms with Gasteiger partial charge in [-0.05, 0) is 44.9 Å². The van der Waals surface area contributed by atoms with E-state index in [9.17, 15) is 9.59 Å². The van der Waals surface area contributed by atoms with Crippen molar-refractivity contribution in [1.29, 1.82) is 0 Å². The van der Waals surface area contributed by atoms with Gasteiger partial charge in [-0.25, -0.2) is 4.98 Å². The Labute approximate surface area is 207 Å². The Bertz CT molecular complexity index is 1070. The number of nitrogens with one attached hydrogen (secondary N) is 1. The first-order valence-corrected chi connectivity index (χ1v) is 12.9. The molecule has 5 rings (SSSR count). The Morgan fingerprint density at radius 2 is 2.00 bits per heavy atom. The van der Waals surface area contributed by atoms with E-state index in [1.54, 1.807) is 7.11 Å². The molecule has 1 aromatic heterocycles. The quantitative estimate of drug-likeness (QED) is 0.642. The zero-order valence-electron chi connectivity index (χ0n) is 21.2. The van der Waals surface area contributed by atoms with E-state index in [1.165, 1.54) is 0 Å². The van der Waals surface area contributed by atoms with Gasteiger partial charge < -0.3 is 19.5 Å². The third kappa shape index (κ3) is 4.69. The molecule has 2 amide bonds. The number of carbonyl (C=O) groups is 2. The van der Waals surface area contributed by atoms with E-state index in [0.717, 1.165) is 55.6 Å². The molecule has 0 bridgehead atoms. The molecule has 35 heavy (non-hydrogen) atoms.